The number of hydrogen-bond donors (Lipinski definition) is 0. The van der Waals surface area contributed by atoms with Gasteiger partial charge in [-0.25, -0.2) is 12.7 Å². The van der Waals surface area contributed by atoms with Crippen molar-refractivity contribution in [2.45, 2.75) is 35.7 Å². The van der Waals surface area contributed by atoms with E-state index >= 15 is 0 Å². The number of sulfonamides is 1. The summed E-state index contributed by atoms with van der Waals surface area (Å²) in [6.45, 7) is 5.09. The maximum atomic E-state index is 13.5. The first-order valence-corrected chi connectivity index (χ1v) is 13.0. The molecule has 1 aromatic heterocycles. The first-order valence-electron chi connectivity index (χ1n) is 10.2. The quantitative estimate of drug-likeness (QED) is 0.554. The average molecular weight is 479 g/mol. The Labute approximate surface area is 188 Å². The van der Waals surface area contributed by atoms with Crippen LogP contribution in [0.15, 0.2) is 58.3 Å². The molecule has 3 aromatic rings. The summed E-state index contributed by atoms with van der Waals surface area (Å²) in [5, 5.41) is 5.26. The highest BCUT2D eigenvalue weighted by Gasteiger charge is 2.32. The minimum absolute atomic E-state index is 0.0171. The van der Waals surface area contributed by atoms with E-state index in [1.807, 2.05) is 26.0 Å². The number of fused-ring (bicyclic) bond motifs is 1. The van der Waals surface area contributed by atoms with Crippen LogP contribution in [0.2, 0.25) is 0 Å². The lowest BCUT2D eigenvalue weighted by Crippen LogP contribution is -2.50. The number of para-hydroxylation sites is 1. The number of hydrogen-bond acceptors (Lipinski definition) is 7. The van der Waals surface area contributed by atoms with E-state index < -0.39 is 20.0 Å². The number of morpholine rings is 1. The third-order valence-electron chi connectivity index (χ3n) is 5.58. The van der Waals surface area contributed by atoms with E-state index in [4.69, 9.17) is 4.74 Å². The van der Waals surface area contributed by atoms with Crippen molar-refractivity contribution in [1.82, 2.24) is 13.5 Å². The normalized spacial score (nSPS) is 20.2. The molecule has 2 aromatic carbocycles. The van der Waals surface area contributed by atoms with Crippen molar-refractivity contribution in [3.05, 3.63) is 48.5 Å². The van der Waals surface area contributed by atoms with Crippen LogP contribution in [0.25, 0.3) is 10.9 Å². The van der Waals surface area contributed by atoms with Gasteiger partial charge in [0.05, 0.1) is 40.6 Å². The van der Waals surface area contributed by atoms with E-state index in [9.17, 15) is 16.8 Å². The number of benzene rings is 2. The third-order valence-corrected chi connectivity index (χ3v) is 9.01. The van der Waals surface area contributed by atoms with Crippen LogP contribution < -0.4 is 4.90 Å². The number of anilines is 1. The maximum absolute atomic E-state index is 13.5. The molecule has 0 aliphatic carbocycles. The van der Waals surface area contributed by atoms with Crippen LogP contribution in [0, 0.1) is 0 Å². The van der Waals surface area contributed by atoms with Gasteiger partial charge in [-0.1, -0.05) is 12.1 Å². The van der Waals surface area contributed by atoms with Crippen LogP contribution in [0.3, 0.4) is 0 Å². The molecular formula is C21H26N4O5S2. The molecule has 0 N–H and O–H groups in total. The van der Waals surface area contributed by atoms with Crippen LogP contribution in [-0.2, 0) is 24.8 Å². The molecule has 2 heterocycles. The van der Waals surface area contributed by atoms with Crippen molar-refractivity contribution >= 4 is 36.8 Å². The van der Waals surface area contributed by atoms with E-state index in [0.29, 0.717) is 24.5 Å². The minimum atomic E-state index is -4.06. The summed E-state index contributed by atoms with van der Waals surface area (Å²) in [6.07, 6.45) is 0. The number of ether oxygens (including phenoxy) is 1. The monoisotopic (exact) mass is 478 g/mol. The predicted octanol–water partition coefficient (Wildman–Crippen LogP) is 2.14. The van der Waals surface area contributed by atoms with Crippen molar-refractivity contribution < 1.29 is 21.6 Å². The van der Waals surface area contributed by atoms with Crippen LogP contribution in [0.1, 0.15) is 13.8 Å². The van der Waals surface area contributed by atoms with E-state index in [1.54, 1.807) is 12.1 Å². The molecule has 0 spiro atoms. The van der Waals surface area contributed by atoms with Gasteiger partial charge in [-0.2, -0.15) is 12.5 Å². The summed E-state index contributed by atoms with van der Waals surface area (Å²) in [5.74, 6) is 0.583. The summed E-state index contributed by atoms with van der Waals surface area (Å²) in [7, 11) is -4.88. The van der Waals surface area contributed by atoms with E-state index in [-0.39, 0.29) is 21.9 Å². The largest absolute Gasteiger partial charge is 0.377 e. The highest BCUT2D eigenvalue weighted by Crippen LogP contribution is 2.32. The van der Waals surface area contributed by atoms with Gasteiger partial charge in [-0.3, -0.25) is 0 Å². The van der Waals surface area contributed by atoms with Crippen molar-refractivity contribution in [3.8, 4) is 0 Å². The second-order valence-electron chi connectivity index (χ2n) is 8.09. The van der Waals surface area contributed by atoms with E-state index in [1.165, 1.54) is 38.4 Å². The number of rotatable bonds is 5. The molecule has 1 saturated heterocycles. The Balaban J connectivity index is 1.83. The number of nitrogens with zero attached hydrogens (tertiary/aromatic N) is 4. The van der Waals surface area contributed by atoms with Crippen molar-refractivity contribution in [2.24, 2.45) is 0 Å². The lowest BCUT2D eigenvalue weighted by molar-refractivity contribution is 0.0753. The molecule has 0 radical (unpaired) electrons. The molecular weight excluding hydrogens is 452 g/mol. The molecule has 11 heteroatoms. The fourth-order valence-corrected chi connectivity index (χ4v) is 6.10. The third kappa shape index (κ3) is 3.68. The average Bonchev–Trinajstić information content (AvgIpc) is 3.14. The first kappa shape index (κ1) is 22.7. The minimum Gasteiger partial charge on any atom is -0.377 e. The molecule has 0 bridgehead atoms. The first-order chi connectivity index (χ1) is 15.0. The van der Waals surface area contributed by atoms with Crippen LogP contribution in [0.4, 0.5) is 5.82 Å². The van der Waals surface area contributed by atoms with Crippen LogP contribution >= 0.6 is 0 Å². The molecule has 4 rings (SSSR count). The van der Waals surface area contributed by atoms with Gasteiger partial charge in [0.1, 0.15) is 0 Å². The SMILES string of the molecule is C[C@@H]1COC[C@H](C)N1c1nn(S(=O)(=O)c2ccc(S(=O)(=O)N(C)C)cc2)c2ccccc12. The molecule has 1 fully saturated rings. The Bertz CT molecular complexity index is 1340. The zero-order valence-electron chi connectivity index (χ0n) is 18.3. The Morgan fingerprint density at radius 1 is 0.906 bits per heavy atom. The second-order valence-corrected chi connectivity index (χ2v) is 12.0. The lowest BCUT2D eigenvalue weighted by atomic mass is 10.1. The fourth-order valence-electron chi connectivity index (χ4n) is 3.91. The van der Waals surface area contributed by atoms with E-state index in [0.717, 1.165) is 13.8 Å². The molecule has 2 atom stereocenters. The predicted molar refractivity (Wildman–Crippen MR) is 122 cm³/mol. The van der Waals surface area contributed by atoms with Crippen molar-refractivity contribution in [2.75, 3.05) is 32.2 Å². The smallest absolute Gasteiger partial charge is 0.283 e. The lowest BCUT2D eigenvalue weighted by Gasteiger charge is -2.39. The number of aromatic nitrogens is 2. The van der Waals surface area contributed by atoms with Gasteiger partial charge in [0.15, 0.2) is 5.82 Å². The Morgan fingerprint density at radius 3 is 2.06 bits per heavy atom. The topological polar surface area (TPSA) is 102 Å². The van der Waals surface area contributed by atoms with Gasteiger partial charge in [0.2, 0.25) is 10.0 Å². The molecule has 0 amide bonds. The molecule has 0 saturated carbocycles. The highest BCUT2D eigenvalue weighted by molar-refractivity contribution is 7.90. The molecule has 172 valence electrons. The zero-order chi connectivity index (χ0) is 23.3. The Hall–Kier alpha value is -2.47. The summed E-state index contributed by atoms with van der Waals surface area (Å²) in [6, 6.07) is 12.4. The molecule has 0 unspecified atom stereocenters. The van der Waals surface area contributed by atoms with Gasteiger partial charge in [0.25, 0.3) is 10.0 Å². The van der Waals surface area contributed by atoms with Crippen LogP contribution in [0.5, 0.6) is 0 Å². The maximum Gasteiger partial charge on any atom is 0.283 e. The van der Waals surface area contributed by atoms with Gasteiger partial charge in [-0.05, 0) is 50.2 Å². The van der Waals surface area contributed by atoms with E-state index in [2.05, 4.69) is 10.00 Å². The molecule has 9 nitrogen and oxygen atoms in total. The second kappa shape index (κ2) is 8.14. The molecule has 1 aliphatic heterocycles. The summed E-state index contributed by atoms with van der Waals surface area (Å²) in [5.41, 5.74) is 0.457. The fraction of sp³-hybridized carbons (Fsp3) is 0.381. The zero-order valence-corrected chi connectivity index (χ0v) is 20.0. The Morgan fingerprint density at radius 2 is 1.47 bits per heavy atom. The van der Waals surface area contributed by atoms with Crippen molar-refractivity contribution in [1.29, 1.82) is 0 Å². The summed E-state index contributed by atoms with van der Waals surface area (Å²) in [4.78, 5) is 2.06. The van der Waals surface area contributed by atoms with Gasteiger partial charge in [-0.15, -0.1) is 5.10 Å². The van der Waals surface area contributed by atoms with Gasteiger partial charge < -0.3 is 9.64 Å². The summed E-state index contributed by atoms with van der Waals surface area (Å²) < 4.78 is 59.4. The van der Waals surface area contributed by atoms with Gasteiger partial charge >= 0.3 is 0 Å². The van der Waals surface area contributed by atoms with Crippen molar-refractivity contribution in [3.63, 3.8) is 0 Å². The highest BCUT2D eigenvalue weighted by atomic mass is 32.2. The Kier molecular flexibility index (Phi) is 5.78. The van der Waals surface area contributed by atoms with Gasteiger partial charge in [0, 0.05) is 19.5 Å². The molecule has 32 heavy (non-hydrogen) atoms. The molecule has 1 aliphatic rings. The standard InChI is InChI=1S/C21H26N4O5S2/c1-15-13-30-14-16(2)24(15)21-19-7-5-6-8-20(19)25(22-21)32(28,29)18-11-9-17(10-12-18)31(26,27)23(3)4/h5-12,15-16H,13-14H2,1-4H3/t15-,16+. The summed E-state index contributed by atoms with van der Waals surface area (Å²) >= 11 is 0. The van der Waals surface area contributed by atoms with Crippen LogP contribution in [-0.4, -0.2) is 69.7 Å².